The summed E-state index contributed by atoms with van der Waals surface area (Å²) in [6.45, 7) is 0. The first kappa shape index (κ1) is 17.6. The third-order valence-electron chi connectivity index (χ3n) is 6.64. The summed E-state index contributed by atoms with van der Waals surface area (Å²) >= 11 is 6.20. The second kappa shape index (κ2) is 6.38. The van der Waals surface area contributed by atoms with Gasteiger partial charge in [-0.15, -0.1) is 0 Å². The van der Waals surface area contributed by atoms with Crippen LogP contribution >= 0.6 is 11.6 Å². The zero-order valence-electron chi connectivity index (χ0n) is 15.9. The van der Waals surface area contributed by atoms with E-state index in [1.165, 1.54) is 6.21 Å². The molecule has 0 aromatic heterocycles. The highest BCUT2D eigenvalue weighted by Crippen LogP contribution is 2.60. The van der Waals surface area contributed by atoms with Crippen molar-refractivity contribution in [1.82, 2.24) is 5.01 Å². The maximum absolute atomic E-state index is 13.4. The molecule has 1 aliphatic heterocycles. The smallest absolute Gasteiger partial charge is 0.254 e. The summed E-state index contributed by atoms with van der Waals surface area (Å²) < 4.78 is 0. The molecule has 3 aromatic rings. The van der Waals surface area contributed by atoms with Gasteiger partial charge in [-0.2, -0.15) is 10.1 Å². The van der Waals surface area contributed by atoms with Crippen molar-refractivity contribution in [3.8, 4) is 0 Å². The van der Waals surface area contributed by atoms with E-state index in [0.29, 0.717) is 10.6 Å². The topological polar surface area (TPSA) is 49.7 Å². The maximum Gasteiger partial charge on any atom is 0.254 e. The summed E-state index contributed by atoms with van der Waals surface area (Å²) in [5.41, 5.74) is 5.28. The van der Waals surface area contributed by atoms with Crippen LogP contribution in [0, 0.1) is 11.8 Å². The van der Waals surface area contributed by atoms with Crippen LogP contribution in [0.2, 0.25) is 5.02 Å². The highest BCUT2D eigenvalue weighted by Gasteiger charge is 2.61. The number of amides is 2. The lowest BCUT2D eigenvalue weighted by molar-refractivity contribution is -0.139. The van der Waals surface area contributed by atoms with Crippen molar-refractivity contribution >= 4 is 29.6 Å². The van der Waals surface area contributed by atoms with Gasteiger partial charge in [0.2, 0.25) is 0 Å². The van der Waals surface area contributed by atoms with Gasteiger partial charge in [0, 0.05) is 22.4 Å². The van der Waals surface area contributed by atoms with Gasteiger partial charge in [0.25, 0.3) is 11.8 Å². The van der Waals surface area contributed by atoms with E-state index in [4.69, 9.17) is 11.6 Å². The standard InChI is InChI=1S/C25H17ClN2O2/c26-19-12-6-1-7-14(19)13-27-28-24(29)22-20-15-8-2-3-9-16(15)21(23(22)25(28)30)18-11-5-4-10-17(18)20/h1-13,20-23H/b27-13-/t20?,21?,22-,23+. The monoisotopic (exact) mass is 412 g/mol. The molecule has 0 N–H and O–H groups in total. The van der Waals surface area contributed by atoms with Crippen LogP contribution in [0.25, 0.3) is 0 Å². The predicted octanol–water partition coefficient (Wildman–Crippen LogP) is 4.57. The van der Waals surface area contributed by atoms with Crippen LogP contribution in [0.1, 0.15) is 39.7 Å². The molecule has 146 valence electrons. The molecule has 4 nitrogen and oxygen atoms in total. The van der Waals surface area contributed by atoms with Gasteiger partial charge < -0.3 is 0 Å². The number of carbonyl (C=O) groups is 2. The van der Waals surface area contributed by atoms with E-state index in [2.05, 4.69) is 29.4 Å². The number of hydrogen-bond acceptors (Lipinski definition) is 3. The van der Waals surface area contributed by atoms with Crippen LogP contribution in [-0.4, -0.2) is 23.0 Å². The second-order valence-corrected chi connectivity index (χ2v) is 8.43. The average Bonchev–Trinajstić information content (AvgIpc) is 3.04. The molecule has 5 heteroatoms. The lowest BCUT2D eigenvalue weighted by atomic mass is 9.55. The molecular formula is C25H17ClN2O2. The minimum Gasteiger partial charge on any atom is -0.272 e. The van der Waals surface area contributed by atoms with E-state index >= 15 is 0 Å². The average molecular weight is 413 g/mol. The Balaban J connectivity index is 1.47. The number of rotatable bonds is 2. The molecule has 30 heavy (non-hydrogen) atoms. The molecular weight excluding hydrogens is 396 g/mol. The Labute approximate surface area is 178 Å². The molecule has 7 rings (SSSR count). The summed E-state index contributed by atoms with van der Waals surface area (Å²) in [6, 6.07) is 23.6. The number of benzene rings is 3. The third-order valence-corrected chi connectivity index (χ3v) is 6.99. The molecule has 0 unspecified atom stereocenters. The molecule has 2 atom stereocenters. The van der Waals surface area contributed by atoms with Gasteiger partial charge in [-0.1, -0.05) is 78.3 Å². The number of imide groups is 1. The second-order valence-electron chi connectivity index (χ2n) is 8.02. The first-order valence-electron chi connectivity index (χ1n) is 10.0. The van der Waals surface area contributed by atoms with E-state index in [1.54, 1.807) is 12.1 Å². The summed E-state index contributed by atoms with van der Waals surface area (Å²) in [7, 11) is 0. The van der Waals surface area contributed by atoms with Crippen molar-refractivity contribution in [2.75, 3.05) is 0 Å². The molecule has 2 amide bonds. The summed E-state index contributed by atoms with van der Waals surface area (Å²) in [5.74, 6) is -1.54. The summed E-state index contributed by atoms with van der Waals surface area (Å²) in [4.78, 5) is 26.8. The fourth-order valence-electron chi connectivity index (χ4n) is 5.48. The highest BCUT2D eigenvalue weighted by molar-refractivity contribution is 6.33. The number of hydrazone groups is 1. The van der Waals surface area contributed by atoms with Gasteiger partial charge >= 0.3 is 0 Å². The molecule has 3 aromatic carbocycles. The van der Waals surface area contributed by atoms with Gasteiger partial charge in [0.1, 0.15) is 0 Å². The minimum atomic E-state index is -0.421. The Morgan fingerprint density at radius 3 is 1.60 bits per heavy atom. The quantitative estimate of drug-likeness (QED) is 0.457. The van der Waals surface area contributed by atoms with Crippen LogP contribution in [0.4, 0.5) is 0 Å². The Hall–Kier alpha value is -3.24. The van der Waals surface area contributed by atoms with Gasteiger partial charge in [-0.05, 0) is 28.3 Å². The predicted molar refractivity (Wildman–Crippen MR) is 114 cm³/mol. The first-order valence-corrected chi connectivity index (χ1v) is 10.4. The van der Waals surface area contributed by atoms with Crippen LogP contribution in [-0.2, 0) is 9.59 Å². The van der Waals surface area contributed by atoms with Crippen molar-refractivity contribution in [2.45, 2.75) is 11.8 Å². The van der Waals surface area contributed by atoms with Crippen LogP contribution in [0.15, 0.2) is 77.9 Å². The van der Waals surface area contributed by atoms with Gasteiger partial charge in [0.15, 0.2) is 0 Å². The first-order chi connectivity index (χ1) is 14.7. The zero-order chi connectivity index (χ0) is 20.4. The maximum atomic E-state index is 13.4. The Kier molecular flexibility index (Phi) is 3.74. The molecule has 1 fully saturated rings. The SMILES string of the molecule is O=C1[C@@H]2C3c4ccccc4C(c4ccccc43)[C@@H]2C(=O)N1/N=C\c1ccccc1Cl. The van der Waals surface area contributed by atoms with Crippen molar-refractivity contribution in [3.05, 3.63) is 106 Å². The largest absolute Gasteiger partial charge is 0.272 e. The minimum absolute atomic E-state index is 0.121. The van der Waals surface area contributed by atoms with E-state index in [-0.39, 0.29) is 23.7 Å². The Morgan fingerprint density at radius 1 is 0.700 bits per heavy atom. The molecule has 0 saturated carbocycles. The highest BCUT2D eigenvalue weighted by atomic mass is 35.5. The number of carbonyl (C=O) groups excluding carboxylic acids is 2. The molecule has 1 saturated heterocycles. The van der Waals surface area contributed by atoms with Crippen LogP contribution in [0.3, 0.4) is 0 Å². The third kappa shape index (κ3) is 2.25. The van der Waals surface area contributed by atoms with Gasteiger partial charge in [-0.3, -0.25) is 9.59 Å². The molecule has 0 radical (unpaired) electrons. The van der Waals surface area contributed by atoms with Crippen LogP contribution < -0.4 is 0 Å². The fourth-order valence-corrected chi connectivity index (χ4v) is 5.66. The fraction of sp³-hybridized carbons (Fsp3) is 0.160. The van der Waals surface area contributed by atoms with Crippen molar-refractivity contribution in [1.29, 1.82) is 0 Å². The van der Waals surface area contributed by atoms with E-state index in [0.717, 1.165) is 27.3 Å². The van der Waals surface area contributed by atoms with Gasteiger partial charge in [0.05, 0.1) is 18.1 Å². The van der Waals surface area contributed by atoms with Gasteiger partial charge in [-0.25, -0.2) is 0 Å². The number of hydrogen-bond donors (Lipinski definition) is 0. The Bertz CT molecular complexity index is 1140. The van der Waals surface area contributed by atoms with Crippen molar-refractivity contribution < 1.29 is 9.59 Å². The van der Waals surface area contributed by atoms with E-state index in [9.17, 15) is 9.59 Å². The lowest BCUT2D eigenvalue weighted by Crippen LogP contribution is -2.41. The summed E-state index contributed by atoms with van der Waals surface area (Å²) in [6.07, 6.45) is 1.50. The number of nitrogens with zero attached hydrogens (tertiary/aromatic N) is 2. The van der Waals surface area contributed by atoms with Crippen molar-refractivity contribution in [3.63, 3.8) is 0 Å². The van der Waals surface area contributed by atoms with Crippen molar-refractivity contribution in [2.24, 2.45) is 16.9 Å². The summed E-state index contributed by atoms with van der Waals surface area (Å²) in [5, 5.41) is 5.88. The zero-order valence-corrected chi connectivity index (χ0v) is 16.7. The van der Waals surface area contributed by atoms with E-state index in [1.807, 2.05) is 36.4 Å². The molecule has 3 aliphatic carbocycles. The van der Waals surface area contributed by atoms with E-state index < -0.39 is 11.8 Å². The molecule has 0 spiro atoms. The van der Waals surface area contributed by atoms with Crippen LogP contribution in [0.5, 0.6) is 0 Å². The lowest BCUT2D eigenvalue weighted by Gasteiger charge is -2.45. The normalized spacial score (nSPS) is 26.1. The molecule has 2 bridgehead atoms. The number of halogens is 1. The molecule has 1 heterocycles. The molecule has 4 aliphatic rings. The Morgan fingerprint density at radius 2 is 1.13 bits per heavy atom.